The first-order chi connectivity index (χ1) is 14.8. The van der Waals surface area contributed by atoms with Crippen LogP contribution < -0.4 is 10.1 Å². The number of amides is 3. The molecular weight excluding hydrogens is 392 g/mol. The van der Waals surface area contributed by atoms with Crippen LogP contribution in [0.2, 0.25) is 0 Å². The number of hydrogen-bond donors (Lipinski definition) is 1. The molecule has 0 radical (unpaired) electrons. The Hall–Kier alpha value is -2.12. The van der Waals surface area contributed by atoms with Gasteiger partial charge in [0, 0.05) is 38.3 Å². The van der Waals surface area contributed by atoms with Gasteiger partial charge in [-0.15, -0.1) is 0 Å². The van der Waals surface area contributed by atoms with Crippen molar-refractivity contribution in [3.8, 4) is 5.75 Å². The number of aryl methyl sites for hydroxylation is 1. The summed E-state index contributed by atoms with van der Waals surface area (Å²) in [5.41, 5.74) is 1.72. The van der Waals surface area contributed by atoms with E-state index in [4.69, 9.17) is 4.74 Å². The van der Waals surface area contributed by atoms with Crippen molar-refractivity contribution in [1.29, 1.82) is 0 Å². The van der Waals surface area contributed by atoms with Crippen molar-refractivity contribution >= 4 is 11.9 Å². The van der Waals surface area contributed by atoms with Crippen molar-refractivity contribution in [3.63, 3.8) is 0 Å². The van der Waals surface area contributed by atoms with Crippen molar-refractivity contribution < 1.29 is 14.3 Å². The number of ether oxygens (including phenoxy) is 1. The van der Waals surface area contributed by atoms with Crippen LogP contribution >= 0.6 is 0 Å². The second-order valence-corrected chi connectivity index (χ2v) is 9.62. The van der Waals surface area contributed by atoms with Gasteiger partial charge in [0.1, 0.15) is 11.3 Å². The van der Waals surface area contributed by atoms with Crippen molar-refractivity contribution in [2.75, 3.05) is 40.0 Å². The summed E-state index contributed by atoms with van der Waals surface area (Å²) in [6.07, 6.45) is 3.11. The Morgan fingerprint density at radius 1 is 1.06 bits per heavy atom. The predicted octanol–water partition coefficient (Wildman–Crippen LogP) is 2.83. The molecule has 7 nitrogen and oxygen atoms in total. The topological polar surface area (TPSA) is 65.1 Å². The van der Waals surface area contributed by atoms with E-state index < -0.39 is 5.54 Å². The minimum Gasteiger partial charge on any atom is -0.496 e. The van der Waals surface area contributed by atoms with Gasteiger partial charge in [0.25, 0.3) is 5.91 Å². The van der Waals surface area contributed by atoms with E-state index in [0.717, 1.165) is 57.7 Å². The van der Waals surface area contributed by atoms with Gasteiger partial charge in [0.05, 0.1) is 13.8 Å². The Morgan fingerprint density at radius 2 is 1.71 bits per heavy atom. The summed E-state index contributed by atoms with van der Waals surface area (Å²) in [7, 11) is 1.71. The van der Waals surface area contributed by atoms with Gasteiger partial charge in [-0.1, -0.05) is 38.0 Å². The summed E-state index contributed by atoms with van der Waals surface area (Å²) < 4.78 is 5.52. The fourth-order valence-electron chi connectivity index (χ4n) is 5.64. The van der Waals surface area contributed by atoms with Crippen LogP contribution in [-0.2, 0) is 11.3 Å². The predicted molar refractivity (Wildman–Crippen MR) is 120 cm³/mol. The minimum absolute atomic E-state index is 0.0240. The number of benzene rings is 1. The standard InChI is InChI=1S/C24H36N4O3/c1-17-8-9-21(31-4)20(14-17)15-26-10-12-27(13-11-26)16-28-22(29)24(25-23(28)30)18(2)6-5-7-19(24)3/h8-9,14,18-19H,5-7,10-13,15-16H2,1-4H3,(H,25,30). The summed E-state index contributed by atoms with van der Waals surface area (Å²) in [5, 5.41) is 3.10. The highest BCUT2D eigenvalue weighted by Crippen LogP contribution is 2.42. The van der Waals surface area contributed by atoms with Crippen molar-refractivity contribution in [3.05, 3.63) is 29.3 Å². The normalized spacial score (nSPS) is 30.1. The van der Waals surface area contributed by atoms with Gasteiger partial charge < -0.3 is 10.1 Å². The quantitative estimate of drug-likeness (QED) is 0.731. The van der Waals surface area contributed by atoms with Gasteiger partial charge in [0.2, 0.25) is 0 Å². The summed E-state index contributed by atoms with van der Waals surface area (Å²) in [5.74, 6) is 1.26. The van der Waals surface area contributed by atoms with Gasteiger partial charge in [-0.05, 0) is 37.7 Å². The molecule has 4 rings (SSSR count). The lowest BCUT2D eigenvalue weighted by Gasteiger charge is -2.42. The van der Waals surface area contributed by atoms with E-state index in [-0.39, 0.29) is 23.8 Å². The zero-order valence-electron chi connectivity index (χ0n) is 19.3. The van der Waals surface area contributed by atoms with Crippen molar-refractivity contribution in [1.82, 2.24) is 20.0 Å². The molecule has 1 aliphatic carbocycles. The Bertz CT molecular complexity index is 824. The molecule has 7 heteroatoms. The van der Waals surface area contributed by atoms with Crippen molar-refractivity contribution in [2.45, 2.75) is 52.1 Å². The molecule has 1 spiro atoms. The second kappa shape index (κ2) is 8.79. The number of imide groups is 1. The zero-order chi connectivity index (χ0) is 22.2. The Morgan fingerprint density at radius 3 is 2.35 bits per heavy atom. The molecule has 1 N–H and O–H groups in total. The van der Waals surface area contributed by atoms with Crippen LogP contribution in [0.4, 0.5) is 4.79 Å². The maximum absolute atomic E-state index is 13.4. The highest BCUT2D eigenvalue weighted by atomic mass is 16.5. The second-order valence-electron chi connectivity index (χ2n) is 9.62. The molecule has 1 aromatic rings. The molecule has 0 bridgehead atoms. The maximum Gasteiger partial charge on any atom is 0.326 e. The molecular formula is C24H36N4O3. The van der Waals surface area contributed by atoms with Gasteiger partial charge in [-0.3, -0.25) is 14.6 Å². The average Bonchev–Trinajstić information content (AvgIpc) is 2.99. The van der Waals surface area contributed by atoms with Gasteiger partial charge >= 0.3 is 6.03 Å². The number of nitrogens with zero attached hydrogens (tertiary/aromatic N) is 3. The van der Waals surface area contributed by atoms with E-state index in [0.29, 0.717) is 6.67 Å². The molecule has 2 heterocycles. The summed E-state index contributed by atoms with van der Waals surface area (Å²) in [6.45, 7) is 11.0. The number of urea groups is 1. The monoisotopic (exact) mass is 428 g/mol. The number of carbonyl (C=O) groups excluding carboxylic acids is 2. The number of rotatable bonds is 5. The first-order valence-electron chi connectivity index (χ1n) is 11.6. The van der Waals surface area contributed by atoms with Crippen LogP contribution in [0.15, 0.2) is 18.2 Å². The van der Waals surface area contributed by atoms with E-state index in [2.05, 4.69) is 48.0 Å². The molecule has 2 unspecified atom stereocenters. The fourth-order valence-corrected chi connectivity index (χ4v) is 5.64. The highest BCUT2D eigenvalue weighted by Gasteiger charge is 2.58. The van der Waals surface area contributed by atoms with Crippen LogP contribution in [0.5, 0.6) is 5.75 Å². The fraction of sp³-hybridized carbons (Fsp3) is 0.667. The smallest absolute Gasteiger partial charge is 0.326 e. The number of piperazine rings is 1. The summed E-state index contributed by atoms with van der Waals surface area (Å²) in [4.78, 5) is 32.2. The number of methoxy groups -OCH3 is 1. The third-order valence-electron chi connectivity index (χ3n) is 7.62. The van der Waals surface area contributed by atoms with Gasteiger partial charge in [-0.25, -0.2) is 9.69 Å². The average molecular weight is 429 g/mol. The largest absolute Gasteiger partial charge is 0.496 e. The lowest BCUT2D eigenvalue weighted by molar-refractivity contribution is -0.138. The third-order valence-corrected chi connectivity index (χ3v) is 7.62. The van der Waals surface area contributed by atoms with Crippen LogP contribution in [0, 0.1) is 18.8 Å². The Labute approximate surface area is 185 Å². The molecule has 31 heavy (non-hydrogen) atoms. The molecule has 2 atom stereocenters. The first kappa shape index (κ1) is 22.1. The van der Waals surface area contributed by atoms with Gasteiger partial charge in [0.15, 0.2) is 0 Å². The van der Waals surface area contributed by atoms with Crippen LogP contribution in [0.3, 0.4) is 0 Å². The van der Waals surface area contributed by atoms with Gasteiger partial charge in [-0.2, -0.15) is 0 Å². The van der Waals surface area contributed by atoms with E-state index in [9.17, 15) is 9.59 Å². The molecule has 3 aliphatic rings. The molecule has 3 fully saturated rings. The minimum atomic E-state index is -0.709. The maximum atomic E-state index is 13.4. The Balaban J connectivity index is 1.36. The summed E-state index contributed by atoms with van der Waals surface area (Å²) in [6, 6.07) is 6.06. The van der Waals surface area contributed by atoms with Crippen LogP contribution in [0.1, 0.15) is 44.2 Å². The summed E-state index contributed by atoms with van der Waals surface area (Å²) >= 11 is 0. The van der Waals surface area contributed by atoms with Crippen LogP contribution in [0.25, 0.3) is 0 Å². The molecule has 2 aliphatic heterocycles. The molecule has 3 amide bonds. The van der Waals surface area contributed by atoms with E-state index in [1.807, 2.05) is 6.07 Å². The molecule has 0 aromatic heterocycles. The highest BCUT2D eigenvalue weighted by molar-refractivity contribution is 6.07. The van der Waals surface area contributed by atoms with E-state index in [1.54, 1.807) is 7.11 Å². The molecule has 1 aromatic carbocycles. The third kappa shape index (κ3) is 4.05. The first-order valence-corrected chi connectivity index (χ1v) is 11.6. The lowest BCUT2D eigenvalue weighted by atomic mass is 9.67. The van der Waals surface area contributed by atoms with Crippen LogP contribution in [-0.4, -0.2) is 72.1 Å². The number of hydrogen-bond acceptors (Lipinski definition) is 5. The molecule has 170 valence electrons. The Kier molecular flexibility index (Phi) is 6.26. The molecule has 2 saturated heterocycles. The van der Waals surface area contributed by atoms with Crippen molar-refractivity contribution in [2.24, 2.45) is 11.8 Å². The van der Waals surface area contributed by atoms with E-state index >= 15 is 0 Å². The zero-order valence-corrected chi connectivity index (χ0v) is 19.3. The van der Waals surface area contributed by atoms with E-state index in [1.165, 1.54) is 16.0 Å². The lowest BCUT2D eigenvalue weighted by Crippen LogP contribution is -2.59. The SMILES string of the molecule is COc1ccc(C)cc1CN1CCN(CN2C(=O)NC3(C2=O)C(C)CCCC3C)CC1. The molecule has 1 saturated carbocycles. The number of carbonyl (C=O) groups is 2. The number of nitrogens with one attached hydrogen (secondary N) is 1.